The van der Waals surface area contributed by atoms with E-state index in [0.29, 0.717) is 6.29 Å². The van der Waals surface area contributed by atoms with Crippen molar-refractivity contribution in [2.45, 2.75) is 25.2 Å². The molecule has 1 fully saturated rings. The third kappa shape index (κ3) is 3.88. The van der Waals surface area contributed by atoms with E-state index in [1.54, 1.807) is 0 Å². The molecule has 2 atom stereocenters. The Bertz CT molecular complexity index is 626. The number of aldehydes is 1. The molecule has 1 amide bonds. The molecule has 1 saturated heterocycles. The van der Waals surface area contributed by atoms with Gasteiger partial charge in [0.1, 0.15) is 6.10 Å². The van der Waals surface area contributed by atoms with Crippen molar-refractivity contribution < 1.29 is 41.0 Å². The number of rotatable bonds is 6. The van der Waals surface area contributed by atoms with Crippen LogP contribution in [0.1, 0.15) is 12.0 Å². The van der Waals surface area contributed by atoms with Gasteiger partial charge in [0.05, 0.1) is 6.61 Å². The smallest absolute Gasteiger partial charge is 0.220 e. The standard InChI is InChI=1S/C14H12F5NO4/c15-10-7(11(16)13(18)14(19)12(10)17)1-2-8(22)20-3-6-5-23-9(4-21)24-6/h4,6,9H,1-3,5H2,(H,20,22). The van der Waals surface area contributed by atoms with E-state index >= 15 is 0 Å². The molecule has 0 aliphatic carbocycles. The van der Waals surface area contributed by atoms with Crippen molar-refractivity contribution in [2.75, 3.05) is 13.2 Å². The molecule has 24 heavy (non-hydrogen) atoms. The fourth-order valence-corrected chi connectivity index (χ4v) is 2.07. The van der Waals surface area contributed by atoms with Gasteiger partial charge in [-0.05, 0) is 6.42 Å². The van der Waals surface area contributed by atoms with E-state index in [-0.39, 0.29) is 13.2 Å². The Morgan fingerprint density at radius 2 is 1.67 bits per heavy atom. The molecule has 0 aromatic heterocycles. The molecule has 0 saturated carbocycles. The number of carbonyl (C=O) groups excluding carboxylic acids is 2. The highest BCUT2D eigenvalue weighted by Gasteiger charge is 2.27. The fourth-order valence-electron chi connectivity index (χ4n) is 2.07. The lowest BCUT2D eigenvalue weighted by Crippen LogP contribution is -2.33. The number of ether oxygens (including phenoxy) is 2. The lowest BCUT2D eigenvalue weighted by atomic mass is 10.1. The molecular formula is C14H12F5NO4. The molecule has 1 heterocycles. The van der Waals surface area contributed by atoms with Crippen molar-refractivity contribution in [3.63, 3.8) is 0 Å². The molecule has 10 heteroatoms. The van der Waals surface area contributed by atoms with E-state index in [9.17, 15) is 31.5 Å². The van der Waals surface area contributed by atoms with Crippen molar-refractivity contribution in [2.24, 2.45) is 0 Å². The molecule has 0 radical (unpaired) electrons. The SMILES string of the molecule is O=CC1OCC(CNC(=O)CCc2c(F)c(F)c(F)c(F)c2F)O1. The minimum atomic E-state index is -2.25. The number of carbonyl (C=O) groups is 2. The maximum Gasteiger partial charge on any atom is 0.220 e. The Labute approximate surface area is 132 Å². The van der Waals surface area contributed by atoms with Crippen molar-refractivity contribution in [3.8, 4) is 0 Å². The largest absolute Gasteiger partial charge is 0.353 e. The van der Waals surface area contributed by atoms with Crippen LogP contribution in [0.3, 0.4) is 0 Å². The van der Waals surface area contributed by atoms with Gasteiger partial charge in [-0.1, -0.05) is 0 Å². The summed E-state index contributed by atoms with van der Waals surface area (Å²) in [7, 11) is 0. The van der Waals surface area contributed by atoms with Gasteiger partial charge >= 0.3 is 0 Å². The lowest BCUT2D eigenvalue weighted by molar-refractivity contribution is -0.133. The predicted molar refractivity (Wildman–Crippen MR) is 68.2 cm³/mol. The third-order valence-corrected chi connectivity index (χ3v) is 3.31. The van der Waals surface area contributed by atoms with Gasteiger partial charge in [-0.2, -0.15) is 0 Å². The molecule has 1 aliphatic rings. The molecule has 1 aromatic rings. The Kier molecular flexibility index (Phi) is 5.84. The molecule has 1 aliphatic heterocycles. The summed E-state index contributed by atoms with van der Waals surface area (Å²) in [5.41, 5.74) is -1.05. The van der Waals surface area contributed by atoms with Crippen LogP contribution in [-0.2, 0) is 25.5 Å². The van der Waals surface area contributed by atoms with Gasteiger partial charge in [-0.3, -0.25) is 9.59 Å². The second kappa shape index (κ2) is 7.67. The Morgan fingerprint density at radius 3 is 2.21 bits per heavy atom. The van der Waals surface area contributed by atoms with Crippen LogP contribution in [0.2, 0.25) is 0 Å². The molecule has 1 N–H and O–H groups in total. The summed E-state index contributed by atoms with van der Waals surface area (Å²) in [5.74, 6) is -11.0. The van der Waals surface area contributed by atoms with E-state index in [0.717, 1.165) is 0 Å². The second-order valence-electron chi connectivity index (χ2n) is 4.95. The van der Waals surface area contributed by atoms with Gasteiger partial charge < -0.3 is 14.8 Å². The van der Waals surface area contributed by atoms with Gasteiger partial charge in [0.2, 0.25) is 18.0 Å². The zero-order valence-electron chi connectivity index (χ0n) is 12.1. The maximum absolute atomic E-state index is 13.4. The molecule has 2 rings (SSSR count). The highest BCUT2D eigenvalue weighted by molar-refractivity contribution is 5.76. The van der Waals surface area contributed by atoms with Crippen LogP contribution in [0.4, 0.5) is 22.0 Å². The molecule has 1 aromatic carbocycles. The minimum absolute atomic E-state index is 0.0275. The van der Waals surface area contributed by atoms with E-state index in [1.807, 2.05) is 0 Å². The summed E-state index contributed by atoms with van der Waals surface area (Å²) < 4.78 is 75.8. The van der Waals surface area contributed by atoms with E-state index in [1.165, 1.54) is 0 Å². The summed E-state index contributed by atoms with van der Waals surface area (Å²) in [4.78, 5) is 22.0. The summed E-state index contributed by atoms with van der Waals surface area (Å²) in [6.45, 7) is 0.0433. The molecule has 0 spiro atoms. The lowest BCUT2D eigenvalue weighted by Gasteiger charge is -2.11. The van der Waals surface area contributed by atoms with Crippen molar-refractivity contribution >= 4 is 12.2 Å². The van der Waals surface area contributed by atoms with Gasteiger partial charge in [0, 0.05) is 18.5 Å². The zero-order chi connectivity index (χ0) is 17.9. The molecule has 2 unspecified atom stereocenters. The monoisotopic (exact) mass is 353 g/mol. The number of halogens is 5. The van der Waals surface area contributed by atoms with Crippen LogP contribution in [0.5, 0.6) is 0 Å². The van der Waals surface area contributed by atoms with Crippen molar-refractivity contribution in [1.82, 2.24) is 5.32 Å². The Balaban J connectivity index is 1.89. The zero-order valence-corrected chi connectivity index (χ0v) is 12.1. The van der Waals surface area contributed by atoms with Crippen LogP contribution in [0.15, 0.2) is 0 Å². The normalized spacial score (nSPS) is 20.2. The Hall–Kier alpha value is -2.07. The number of hydrogen-bond donors (Lipinski definition) is 1. The average molecular weight is 353 g/mol. The highest BCUT2D eigenvalue weighted by atomic mass is 19.2. The summed E-state index contributed by atoms with van der Waals surface area (Å²) in [6, 6.07) is 0. The molecule has 132 valence electrons. The number of amides is 1. The first-order valence-electron chi connectivity index (χ1n) is 6.84. The second-order valence-corrected chi connectivity index (χ2v) is 4.95. The summed E-state index contributed by atoms with van der Waals surface area (Å²) >= 11 is 0. The van der Waals surface area contributed by atoms with Crippen LogP contribution < -0.4 is 5.32 Å². The van der Waals surface area contributed by atoms with Crippen molar-refractivity contribution in [1.29, 1.82) is 0 Å². The van der Waals surface area contributed by atoms with E-state index < -0.39 is 65.8 Å². The van der Waals surface area contributed by atoms with Gasteiger partial charge in [0.15, 0.2) is 29.6 Å². The van der Waals surface area contributed by atoms with Crippen LogP contribution in [0, 0.1) is 29.1 Å². The van der Waals surface area contributed by atoms with Gasteiger partial charge in [-0.15, -0.1) is 0 Å². The van der Waals surface area contributed by atoms with Gasteiger partial charge in [-0.25, -0.2) is 22.0 Å². The van der Waals surface area contributed by atoms with E-state index in [4.69, 9.17) is 9.47 Å². The number of hydrogen-bond acceptors (Lipinski definition) is 4. The van der Waals surface area contributed by atoms with Gasteiger partial charge in [0.25, 0.3) is 0 Å². The van der Waals surface area contributed by atoms with Crippen LogP contribution >= 0.6 is 0 Å². The third-order valence-electron chi connectivity index (χ3n) is 3.31. The van der Waals surface area contributed by atoms with Crippen molar-refractivity contribution in [3.05, 3.63) is 34.6 Å². The first kappa shape index (κ1) is 18.3. The van der Waals surface area contributed by atoms with Crippen LogP contribution in [-0.4, -0.2) is 37.7 Å². The van der Waals surface area contributed by atoms with Crippen LogP contribution in [0.25, 0.3) is 0 Å². The molecular weight excluding hydrogens is 341 g/mol. The minimum Gasteiger partial charge on any atom is -0.353 e. The average Bonchev–Trinajstić information content (AvgIpc) is 3.04. The predicted octanol–water partition coefficient (Wildman–Crippen LogP) is 1.37. The Morgan fingerprint density at radius 1 is 1.08 bits per heavy atom. The topological polar surface area (TPSA) is 64.6 Å². The summed E-state index contributed by atoms with van der Waals surface area (Å²) in [5, 5.41) is 2.35. The van der Waals surface area contributed by atoms with E-state index in [2.05, 4.69) is 5.32 Å². The first-order chi connectivity index (χ1) is 11.3. The molecule has 0 bridgehead atoms. The maximum atomic E-state index is 13.4. The first-order valence-corrected chi connectivity index (χ1v) is 6.84. The highest BCUT2D eigenvalue weighted by Crippen LogP contribution is 2.24. The quantitative estimate of drug-likeness (QED) is 0.363. The fraction of sp³-hybridized carbons (Fsp3) is 0.429. The number of nitrogens with one attached hydrogen (secondary N) is 1. The number of benzene rings is 1. The summed E-state index contributed by atoms with van der Waals surface area (Å²) in [6.07, 6.45) is -2.32. The molecule has 5 nitrogen and oxygen atoms in total.